The van der Waals surface area contributed by atoms with Gasteiger partial charge in [0.2, 0.25) is 0 Å². The molecule has 0 aromatic heterocycles. The van der Waals surface area contributed by atoms with Crippen LogP contribution in [0.3, 0.4) is 0 Å². The molecule has 100 valence electrons. The highest BCUT2D eigenvalue weighted by Gasteiger charge is 2.06. The van der Waals surface area contributed by atoms with Crippen molar-refractivity contribution in [3.05, 3.63) is 35.9 Å². The molecule has 1 unspecified atom stereocenters. The maximum absolute atomic E-state index is 11.4. The minimum absolute atomic E-state index is 0.108. The molecule has 0 amide bonds. The van der Waals surface area contributed by atoms with Crippen molar-refractivity contribution in [3.63, 3.8) is 0 Å². The highest BCUT2D eigenvalue weighted by atomic mass is 16.5. The molecule has 3 heteroatoms. The number of ether oxygens (including phenoxy) is 1. The van der Waals surface area contributed by atoms with Crippen molar-refractivity contribution >= 4 is 5.97 Å². The van der Waals surface area contributed by atoms with E-state index in [-0.39, 0.29) is 5.97 Å². The Morgan fingerprint density at radius 1 is 1.33 bits per heavy atom. The fourth-order valence-electron chi connectivity index (χ4n) is 1.66. The SMILES string of the molecule is CC(CN)CCC(=O)OCCCc1ccccc1. The Balaban J connectivity index is 2.05. The first-order valence-electron chi connectivity index (χ1n) is 6.62. The summed E-state index contributed by atoms with van der Waals surface area (Å²) in [5.74, 6) is 0.283. The van der Waals surface area contributed by atoms with Crippen LogP contribution in [0.25, 0.3) is 0 Å². The van der Waals surface area contributed by atoms with Gasteiger partial charge in [0.25, 0.3) is 0 Å². The van der Waals surface area contributed by atoms with Crippen molar-refractivity contribution in [2.24, 2.45) is 11.7 Å². The number of hydrogen-bond acceptors (Lipinski definition) is 3. The molecule has 0 aliphatic rings. The Bertz CT molecular complexity index is 338. The van der Waals surface area contributed by atoms with Crippen LogP contribution in [-0.2, 0) is 16.0 Å². The van der Waals surface area contributed by atoms with Gasteiger partial charge >= 0.3 is 5.97 Å². The van der Waals surface area contributed by atoms with Crippen molar-refractivity contribution in [2.45, 2.75) is 32.6 Å². The molecular weight excluding hydrogens is 226 g/mol. The molecule has 1 atom stereocenters. The third kappa shape index (κ3) is 6.40. The average molecular weight is 249 g/mol. The minimum Gasteiger partial charge on any atom is -0.466 e. The van der Waals surface area contributed by atoms with Crippen LogP contribution in [0.2, 0.25) is 0 Å². The van der Waals surface area contributed by atoms with Gasteiger partial charge in [0.05, 0.1) is 6.61 Å². The minimum atomic E-state index is -0.108. The molecular formula is C15H23NO2. The molecule has 1 aromatic carbocycles. The number of carbonyl (C=O) groups excluding carboxylic acids is 1. The second kappa shape index (κ2) is 8.70. The van der Waals surface area contributed by atoms with Crippen LogP contribution in [0.15, 0.2) is 30.3 Å². The Kier molecular flexibility index (Phi) is 7.11. The van der Waals surface area contributed by atoms with E-state index in [4.69, 9.17) is 10.5 Å². The number of esters is 1. The maximum Gasteiger partial charge on any atom is 0.305 e. The summed E-state index contributed by atoms with van der Waals surface area (Å²) >= 11 is 0. The second-order valence-corrected chi connectivity index (χ2v) is 4.69. The molecule has 0 aliphatic carbocycles. The number of benzene rings is 1. The second-order valence-electron chi connectivity index (χ2n) is 4.69. The maximum atomic E-state index is 11.4. The Labute approximate surface area is 109 Å². The molecule has 2 N–H and O–H groups in total. The van der Waals surface area contributed by atoms with Crippen molar-refractivity contribution in [2.75, 3.05) is 13.2 Å². The molecule has 3 nitrogen and oxygen atoms in total. The number of aryl methyl sites for hydroxylation is 1. The van der Waals surface area contributed by atoms with Crippen molar-refractivity contribution in [1.82, 2.24) is 0 Å². The third-order valence-corrected chi connectivity index (χ3v) is 2.96. The Morgan fingerprint density at radius 2 is 2.06 bits per heavy atom. The van der Waals surface area contributed by atoms with E-state index in [0.29, 0.717) is 25.5 Å². The molecule has 1 rings (SSSR count). The van der Waals surface area contributed by atoms with Gasteiger partial charge in [0.1, 0.15) is 0 Å². The normalized spacial score (nSPS) is 12.1. The lowest BCUT2D eigenvalue weighted by molar-refractivity contribution is -0.144. The van der Waals surface area contributed by atoms with E-state index in [9.17, 15) is 4.79 Å². The summed E-state index contributed by atoms with van der Waals surface area (Å²) < 4.78 is 5.18. The predicted molar refractivity (Wildman–Crippen MR) is 73.2 cm³/mol. The predicted octanol–water partition coefficient (Wildman–Crippen LogP) is 2.54. The van der Waals surface area contributed by atoms with E-state index in [1.165, 1.54) is 5.56 Å². The van der Waals surface area contributed by atoms with Gasteiger partial charge in [-0.2, -0.15) is 0 Å². The van der Waals surface area contributed by atoms with Gasteiger partial charge in [0, 0.05) is 6.42 Å². The van der Waals surface area contributed by atoms with Gasteiger partial charge in [-0.25, -0.2) is 0 Å². The first kappa shape index (κ1) is 14.7. The van der Waals surface area contributed by atoms with Crippen molar-refractivity contribution < 1.29 is 9.53 Å². The molecule has 0 bridgehead atoms. The molecule has 0 heterocycles. The average Bonchev–Trinajstić information content (AvgIpc) is 2.42. The number of hydrogen-bond donors (Lipinski definition) is 1. The number of carbonyl (C=O) groups is 1. The molecule has 18 heavy (non-hydrogen) atoms. The van der Waals surface area contributed by atoms with Crippen molar-refractivity contribution in [3.8, 4) is 0 Å². The van der Waals surface area contributed by atoms with Crippen molar-refractivity contribution in [1.29, 1.82) is 0 Å². The van der Waals surface area contributed by atoms with E-state index in [1.54, 1.807) is 0 Å². The van der Waals surface area contributed by atoms with Gasteiger partial charge in [-0.1, -0.05) is 37.3 Å². The lowest BCUT2D eigenvalue weighted by Crippen LogP contribution is -2.14. The van der Waals surface area contributed by atoms with E-state index in [1.807, 2.05) is 25.1 Å². The van der Waals surface area contributed by atoms with Crippen LogP contribution in [0.5, 0.6) is 0 Å². The third-order valence-electron chi connectivity index (χ3n) is 2.96. The highest BCUT2D eigenvalue weighted by Crippen LogP contribution is 2.06. The zero-order valence-electron chi connectivity index (χ0n) is 11.1. The summed E-state index contributed by atoms with van der Waals surface area (Å²) in [5.41, 5.74) is 6.77. The lowest BCUT2D eigenvalue weighted by atomic mass is 10.1. The van der Waals surface area contributed by atoms with E-state index in [0.717, 1.165) is 19.3 Å². The van der Waals surface area contributed by atoms with Crippen LogP contribution >= 0.6 is 0 Å². The summed E-state index contributed by atoms with van der Waals surface area (Å²) in [4.78, 5) is 11.4. The quantitative estimate of drug-likeness (QED) is 0.569. The van der Waals surface area contributed by atoms with Gasteiger partial charge in [-0.15, -0.1) is 0 Å². The van der Waals surface area contributed by atoms with Gasteiger partial charge in [-0.05, 0) is 37.3 Å². The summed E-state index contributed by atoms with van der Waals surface area (Å²) in [7, 11) is 0. The molecule has 0 saturated carbocycles. The molecule has 0 saturated heterocycles. The largest absolute Gasteiger partial charge is 0.466 e. The summed E-state index contributed by atoms with van der Waals surface area (Å²) in [6.07, 6.45) is 3.12. The molecule has 0 radical (unpaired) electrons. The smallest absolute Gasteiger partial charge is 0.305 e. The Morgan fingerprint density at radius 3 is 2.72 bits per heavy atom. The summed E-state index contributed by atoms with van der Waals surface area (Å²) in [6, 6.07) is 10.2. The molecule has 1 aromatic rings. The monoisotopic (exact) mass is 249 g/mol. The summed E-state index contributed by atoms with van der Waals surface area (Å²) in [6.45, 7) is 3.18. The van der Waals surface area contributed by atoms with Gasteiger partial charge in [0.15, 0.2) is 0 Å². The number of nitrogens with two attached hydrogens (primary N) is 1. The fourth-order valence-corrected chi connectivity index (χ4v) is 1.66. The topological polar surface area (TPSA) is 52.3 Å². The molecule has 0 fully saturated rings. The van der Waals surface area contributed by atoms with Crippen LogP contribution in [0.1, 0.15) is 31.7 Å². The fraction of sp³-hybridized carbons (Fsp3) is 0.533. The Hall–Kier alpha value is -1.35. The first-order chi connectivity index (χ1) is 8.72. The van der Waals surface area contributed by atoms with Crippen LogP contribution in [0.4, 0.5) is 0 Å². The van der Waals surface area contributed by atoms with E-state index < -0.39 is 0 Å². The van der Waals surface area contributed by atoms with Gasteiger partial charge in [-0.3, -0.25) is 4.79 Å². The van der Waals surface area contributed by atoms with Gasteiger partial charge < -0.3 is 10.5 Å². The standard InChI is InChI=1S/C15H23NO2/c1-13(12-16)9-10-15(17)18-11-5-8-14-6-3-2-4-7-14/h2-4,6-7,13H,5,8-12,16H2,1H3. The van der Waals surface area contributed by atoms with Crippen LogP contribution in [-0.4, -0.2) is 19.1 Å². The zero-order valence-corrected chi connectivity index (χ0v) is 11.1. The zero-order chi connectivity index (χ0) is 13.2. The first-order valence-corrected chi connectivity index (χ1v) is 6.62. The van der Waals surface area contributed by atoms with E-state index >= 15 is 0 Å². The number of rotatable bonds is 8. The molecule has 0 spiro atoms. The van der Waals surface area contributed by atoms with Crippen LogP contribution < -0.4 is 5.73 Å². The van der Waals surface area contributed by atoms with Crippen LogP contribution in [0, 0.1) is 5.92 Å². The highest BCUT2D eigenvalue weighted by molar-refractivity contribution is 5.69. The molecule has 0 aliphatic heterocycles. The van der Waals surface area contributed by atoms with E-state index in [2.05, 4.69) is 12.1 Å². The summed E-state index contributed by atoms with van der Waals surface area (Å²) in [5, 5.41) is 0. The lowest BCUT2D eigenvalue weighted by Gasteiger charge is -2.08.